The summed E-state index contributed by atoms with van der Waals surface area (Å²) in [5.41, 5.74) is 2.02. The summed E-state index contributed by atoms with van der Waals surface area (Å²) >= 11 is 0. The maximum Gasteiger partial charge on any atom is 0.307 e. The van der Waals surface area contributed by atoms with Gasteiger partial charge in [-0.1, -0.05) is 6.92 Å². The van der Waals surface area contributed by atoms with E-state index in [2.05, 4.69) is 15.1 Å². The van der Waals surface area contributed by atoms with Gasteiger partial charge in [0, 0.05) is 11.3 Å². The van der Waals surface area contributed by atoms with Gasteiger partial charge >= 0.3 is 5.97 Å². The lowest BCUT2D eigenvalue weighted by atomic mass is 10.1. The Kier molecular flexibility index (Phi) is 3.78. The fourth-order valence-corrected chi connectivity index (χ4v) is 2.08. The smallest absolute Gasteiger partial charge is 0.307 e. The van der Waals surface area contributed by atoms with Crippen LogP contribution < -0.4 is 0 Å². The van der Waals surface area contributed by atoms with Gasteiger partial charge in [-0.2, -0.15) is 5.10 Å². The van der Waals surface area contributed by atoms with E-state index >= 15 is 0 Å². The standard InChI is InChI=1S/C13H15FN4O2/c1-4-10-12(14)13(16-6-15-10)18-8(3)9(5-11(19)20)7(2)17-18/h6H,4-5H2,1-3H3,(H,19,20). The molecule has 0 radical (unpaired) electrons. The number of hydrogen-bond acceptors (Lipinski definition) is 4. The minimum absolute atomic E-state index is 0.0501. The van der Waals surface area contributed by atoms with Crippen LogP contribution in [-0.4, -0.2) is 30.8 Å². The largest absolute Gasteiger partial charge is 0.481 e. The first-order valence-electron chi connectivity index (χ1n) is 6.22. The van der Waals surface area contributed by atoms with E-state index in [1.165, 1.54) is 11.0 Å². The lowest BCUT2D eigenvalue weighted by molar-refractivity contribution is -0.136. The SMILES string of the molecule is CCc1ncnc(-n2nc(C)c(CC(=O)O)c2C)c1F. The molecular weight excluding hydrogens is 263 g/mol. The van der Waals surface area contributed by atoms with Crippen LogP contribution in [0.2, 0.25) is 0 Å². The molecule has 2 rings (SSSR count). The molecule has 2 aromatic rings. The molecular formula is C13H15FN4O2. The molecule has 0 saturated heterocycles. The molecule has 0 unspecified atom stereocenters. The zero-order valence-corrected chi connectivity index (χ0v) is 11.5. The molecule has 0 aliphatic heterocycles. The first-order valence-corrected chi connectivity index (χ1v) is 6.22. The van der Waals surface area contributed by atoms with Crippen molar-refractivity contribution in [2.75, 3.05) is 0 Å². The first-order chi connectivity index (χ1) is 9.45. The zero-order chi connectivity index (χ0) is 14.9. The Labute approximate surface area is 115 Å². The molecule has 7 heteroatoms. The van der Waals surface area contributed by atoms with Crippen molar-refractivity contribution in [1.29, 1.82) is 0 Å². The van der Waals surface area contributed by atoms with Crippen molar-refractivity contribution in [3.05, 3.63) is 34.8 Å². The molecule has 2 aromatic heterocycles. The van der Waals surface area contributed by atoms with Gasteiger partial charge in [-0.05, 0) is 20.3 Å². The van der Waals surface area contributed by atoms with Gasteiger partial charge in [-0.3, -0.25) is 4.79 Å². The van der Waals surface area contributed by atoms with Crippen LogP contribution in [0, 0.1) is 19.7 Å². The van der Waals surface area contributed by atoms with Gasteiger partial charge in [0.05, 0.1) is 17.8 Å². The highest BCUT2D eigenvalue weighted by Gasteiger charge is 2.19. The number of aryl methyl sites for hydroxylation is 2. The Morgan fingerprint density at radius 2 is 2.10 bits per heavy atom. The fourth-order valence-electron chi connectivity index (χ4n) is 2.08. The highest BCUT2D eigenvalue weighted by Crippen LogP contribution is 2.20. The summed E-state index contributed by atoms with van der Waals surface area (Å²) in [6, 6.07) is 0. The molecule has 0 aromatic carbocycles. The monoisotopic (exact) mass is 278 g/mol. The van der Waals surface area contributed by atoms with Gasteiger partial charge in [0.1, 0.15) is 6.33 Å². The van der Waals surface area contributed by atoms with Crippen LogP contribution in [0.15, 0.2) is 6.33 Å². The first kappa shape index (κ1) is 14.1. The molecule has 20 heavy (non-hydrogen) atoms. The van der Waals surface area contributed by atoms with E-state index in [4.69, 9.17) is 5.11 Å². The highest BCUT2D eigenvalue weighted by molar-refractivity contribution is 5.71. The van der Waals surface area contributed by atoms with Gasteiger partial charge in [0.15, 0.2) is 11.6 Å². The van der Waals surface area contributed by atoms with Gasteiger partial charge < -0.3 is 5.11 Å². The van der Waals surface area contributed by atoms with E-state index in [9.17, 15) is 9.18 Å². The van der Waals surface area contributed by atoms with Crippen molar-refractivity contribution in [3.63, 3.8) is 0 Å². The van der Waals surface area contributed by atoms with Gasteiger partial charge in [0.25, 0.3) is 0 Å². The number of carbonyl (C=O) groups is 1. The second kappa shape index (κ2) is 5.36. The van der Waals surface area contributed by atoms with Gasteiger partial charge in [-0.25, -0.2) is 19.0 Å². The van der Waals surface area contributed by atoms with Gasteiger partial charge in [-0.15, -0.1) is 0 Å². The summed E-state index contributed by atoms with van der Waals surface area (Å²) in [7, 11) is 0. The predicted molar refractivity (Wildman–Crippen MR) is 69.3 cm³/mol. The molecule has 0 bridgehead atoms. The van der Waals surface area contributed by atoms with E-state index < -0.39 is 11.8 Å². The van der Waals surface area contributed by atoms with Crippen molar-refractivity contribution in [3.8, 4) is 5.82 Å². The minimum atomic E-state index is -0.951. The van der Waals surface area contributed by atoms with Gasteiger partial charge in [0.2, 0.25) is 0 Å². The summed E-state index contributed by atoms with van der Waals surface area (Å²) < 4.78 is 15.6. The molecule has 0 saturated carbocycles. The molecule has 0 amide bonds. The third-order valence-corrected chi connectivity index (χ3v) is 3.15. The van der Waals surface area contributed by atoms with Crippen molar-refractivity contribution >= 4 is 5.97 Å². The molecule has 0 fully saturated rings. The fraction of sp³-hybridized carbons (Fsp3) is 0.385. The Hall–Kier alpha value is -2.31. The third kappa shape index (κ3) is 2.38. The Bertz CT molecular complexity index is 667. The lowest BCUT2D eigenvalue weighted by Gasteiger charge is -2.07. The maximum absolute atomic E-state index is 14.2. The van der Waals surface area contributed by atoms with Crippen LogP contribution in [0.1, 0.15) is 29.6 Å². The number of aromatic nitrogens is 4. The Morgan fingerprint density at radius 1 is 1.40 bits per heavy atom. The minimum Gasteiger partial charge on any atom is -0.481 e. The van der Waals surface area contributed by atoms with Crippen LogP contribution >= 0.6 is 0 Å². The number of hydrogen-bond donors (Lipinski definition) is 1. The van der Waals surface area contributed by atoms with Crippen molar-refractivity contribution < 1.29 is 14.3 Å². The average Bonchev–Trinajstić information content (AvgIpc) is 2.66. The molecule has 2 heterocycles. The predicted octanol–water partition coefficient (Wildman–Crippen LogP) is 1.61. The molecule has 0 aliphatic carbocycles. The molecule has 0 aliphatic rings. The lowest BCUT2D eigenvalue weighted by Crippen LogP contribution is -2.09. The summed E-state index contributed by atoms with van der Waals surface area (Å²) in [4.78, 5) is 18.6. The van der Waals surface area contributed by atoms with E-state index in [1.54, 1.807) is 20.8 Å². The topological polar surface area (TPSA) is 80.9 Å². The summed E-state index contributed by atoms with van der Waals surface area (Å²) in [5, 5.41) is 13.1. The number of nitrogens with zero attached hydrogens (tertiary/aromatic N) is 4. The third-order valence-electron chi connectivity index (χ3n) is 3.15. The normalized spacial score (nSPS) is 10.8. The van der Waals surface area contributed by atoms with E-state index in [1.807, 2.05) is 0 Å². The zero-order valence-electron chi connectivity index (χ0n) is 11.5. The quantitative estimate of drug-likeness (QED) is 0.918. The van der Waals surface area contributed by atoms with Crippen molar-refractivity contribution in [2.45, 2.75) is 33.6 Å². The van der Waals surface area contributed by atoms with E-state index in [-0.39, 0.29) is 12.2 Å². The molecule has 0 spiro atoms. The Balaban J connectivity index is 2.57. The van der Waals surface area contributed by atoms with Crippen LogP contribution in [0.25, 0.3) is 5.82 Å². The Morgan fingerprint density at radius 3 is 2.70 bits per heavy atom. The van der Waals surface area contributed by atoms with E-state index in [0.717, 1.165) is 0 Å². The molecule has 1 N–H and O–H groups in total. The highest BCUT2D eigenvalue weighted by atomic mass is 19.1. The van der Waals surface area contributed by atoms with Crippen LogP contribution in [0.5, 0.6) is 0 Å². The van der Waals surface area contributed by atoms with E-state index in [0.29, 0.717) is 29.1 Å². The second-order valence-corrected chi connectivity index (χ2v) is 4.44. The average molecular weight is 278 g/mol. The number of carboxylic acids is 1. The van der Waals surface area contributed by atoms with Crippen LogP contribution in [-0.2, 0) is 17.6 Å². The second-order valence-electron chi connectivity index (χ2n) is 4.44. The number of rotatable bonds is 4. The maximum atomic E-state index is 14.2. The van der Waals surface area contributed by atoms with Crippen molar-refractivity contribution in [2.24, 2.45) is 0 Å². The molecule has 0 atom stereocenters. The number of carboxylic acid groups (broad SMARTS) is 1. The number of aliphatic carboxylic acids is 1. The molecule has 106 valence electrons. The summed E-state index contributed by atoms with van der Waals surface area (Å²) in [5.74, 6) is -1.43. The summed E-state index contributed by atoms with van der Waals surface area (Å²) in [6.45, 7) is 5.19. The van der Waals surface area contributed by atoms with Crippen LogP contribution in [0.3, 0.4) is 0 Å². The molecule has 6 nitrogen and oxygen atoms in total. The summed E-state index contributed by atoms with van der Waals surface area (Å²) in [6.07, 6.45) is 1.58. The van der Waals surface area contributed by atoms with Crippen molar-refractivity contribution in [1.82, 2.24) is 19.7 Å². The van der Waals surface area contributed by atoms with Crippen LogP contribution in [0.4, 0.5) is 4.39 Å². The number of halogens is 1.